The molecule has 0 aliphatic rings. The first-order valence-electron chi connectivity index (χ1n) is 5.50. The number of nitrogens with zero attached hydrogens (tertiary/aromatic N) is 1. The molecule has 1 rings (SSSR count). The van der Waals surface area contributed by atoms with Crippen LogP contribution in [-0.4, -0.2) is 15.9 Å². The van der Waals surface area contributed by atoms with Gasteiger partial charge in [-0.3, -0.25) is 10.4 Å². The second-order valence-electron chi connectivity index (χ2n) is 3.59. The number of aromatic nitrogens is 1. The molecular formula is C15H14ClN3. The number of halogens is 1. The van der Waals surface area contributed by atoms with E-state index in [1.165, 1.54) is 6.08 Å². The first-order chi connectivity index (χ1) is 9.10. The van der Waals surface area contributed by atoms with Gasteiger partial charge in [0.15, 0.2) is 0 Å². The molecule has 0 aromatic carbocycles. The minimum Gasteiger partial charge on any atom is -0.300 e. The first-order valence-corrected chi connectivity index (χ1v) is 5.88. The van der Waals surface area contributed by atoms with Crippen molar-refractivity contribution >= 4 is 22.5 Å². The minimum atomic E-state index is -0.151. The Labute approximate surface area is 117 Å². The second-order valence-corrected chi connectivity index (χ2v) is 3.97. The third-order valence-electron chi connectivity index (χ3n) is 2.33. The van der Waals surface area contributed by atoms with Crippen molar-refractivity contribution in [2.75, 3.05) is 0 Å². The molecule has 3 nitrogen and oxygen atoms in total. The van der Waals surface area contributed by atoms with Gasteiger partial charge in [0, 0.05) is 23.5 Å². The molecular weight excluding hydrogens is 258 g/mol. The van der Waals surface area contributed by atoms with Crippen molar-refractivity contribution in [2.24, 2.45) is 0 Å². The van der Waals surface area contributed by atoms with Gasteiger partial charge in [-0.05, 0) is 23.8 Å². The standard InChI is InChI=1S/C15H14ClN3/c1-3-6-11(4-2)13(15(16)18)9-14(17)12-7-5-8-19-10-12/h3-10,17-18H,1-2H2/b11-6+,13-9-,17-14?,18-15?. The highest BCUT2D eigenvalue weighted by Gasteiger charge is 2.08. The predicted molar refractivity (Wildman–Crippen MR) is 81.2 cm³/mol. The van der Waals surface area contributed by atoms with Crippen LogP contribution in [0.5, 0.6) is 0 Å². The fourth-order valence-corrected chi connectivity index (χ4v) is 1.58. The monoisotopic (exact) mass is 271 g/mol. The molecule has 0 fully saturated rings. The van der Waals surface area contributed by atoms with Gasteiger partial charge in [-0.15, -0.1) is 0 Å². The molecule has 0 radical (unpaired) electrons. The summed E-state index contributed by atoms with van der Waals surface area (Å²) in [5.74, 6) is 0. The summed E-state index contributed by atoms with van der Waals surface area (Å²) in [5.41, 5.74) is 1.94. The number of rotatable bonds is 6. The van der Waals surface area contributed by atoms with Crippen LogP contribution >= 0.6 is 11.6 Å². The lowest BCUT2D eigenvalue weighted by atomic mass is 10.0. The summed E-state index contributed by atoms with van der Waals surface area (Å²) in [6.45, 7) is 7.27. The average molecular weight is 272 g/mol. The van der Waals surface area contributed by atoms with E-state index in [9.17, 15) is 0 Å². The smallest absolute Gasteiger partial charge is 0.128 e. The van der Waals surface area contributed by atoms with Crippen LogP contribution in [0.25, 0.3) is 0 Å². The molecule has 0 spiro atoms. The van der Waals surface area contributed by atoms with E-state index in [0.29, 0.717) is 16.7 Å². The zero-order valence-corrected chi connectivity index (χ0v) is 11.1. The van der Waals surface area contributed by atoms with Crippen molar-refractivity contribution in [3.63, 3.8) is 0 Å². The molecule has 1 aromatic heterocycles. The van der Waals surface area contributed by atoms with E-state index in [1.54, 1.807) is 42.8 Å². The number of hydrogen-bond donors (Lipinski definition) is 2. The van der Waals surface area contributed by atoms with Gasteiger partial charge in [-0.25, -0.2) is 0 Å². The lowest BCUT2D eigenvalue weighted by molar-refractivity contribution is 1.31. The average Bonchev–Trinajstić information content (AvgIpc) is 2.43. The molecule has 4 heteroatoms. The van der Waals surface area contributed by atoms with E-state index in [2.05, 4.69) is 18.1 Å². The highest BCUT2D eigenvalue weighted by atomic mass is 35.5. The van der Waals surface area contributed by atoms with Crippen molar-refractivity contribution in [3.8, 4) is 0 Å². The third kappa shape index (κ3) is 4.16. The van der Waals surface area contributed by atoms with Gasteiger partial charge >= 0.3 is 0 Å². The van der Waals surface area contributed by atoms with E-state index in [1.807, 2.05) is 0 Å². The fraction of sp³-hybridized carbons (Fsp3) is 0. The van der Waals surface area contributed by atoms with Crippen LogP contribution in [-0.2, 0) is 0 Å². The van der Waals surface area contributed by atoms with Crippen LogP contribution in [0.2, 0.25) is 0 Å². The normalized spacial score (nSPS) is 11.8. The molecule has 2 N–H and O–H groups in total. The molecule has 1 heterocycles. The van der Waals surface area contributed by atoms with Crippen molar-refractivity contribution in [3.05, 3.63) is 78.7 Å². The van der Waals surface area contributed by atoms with Gasteiger partial charge in [-0.2, -0.15) is 0 Å². The van der Waals surface area contributed by atoms with Crippen LogP contribution in [0.3, 0.4) is 0 Å². The summed E-state index contributed by atoms with van der Waals surface area (Å²) in [6.07, 6.45) is 9.58. The zero-order valence-electron chi connectivity index (χ0n) is 10.4. The SMILES string of the molecule is C=C/C=C(C=C)/C(=C/C(=N)c1cccnc1)C(=N)Cl. The van der Waals surface area contributed by atoms with Crippen LogP contribution in [0, 0.1) is 10.8 Å². The highest BCUT2D eigenvalue weighted by molar-refractivity contribution is 6.69. The van der Waals surface area contributed by atoms with Gasteiger partial charge in [0.2, 0.25) is 0 Å². The van der Waals surface area contributed by atoms with Crippen molar-refractivity contribution in [1.82, 2.24) is 4.98 Å². The Bertz CT molecular complexity index is 568. The van der Waals surface area contributed by atoms with E-state index >= 15 is 0 Å². The van der Waals surface area contributed by atoms with Gasteiger partial charge in [0.25, 0.3) is 0 Å². The van der Waals surface area contributed by atoms with E-state index < -0.39 is 0 Å². The summed E-state index contributed by atoms with van der Waals surface area (Å²) in [5, 5.41) is 15.4. The second kappa shape index (κ2) is 7.24. The first kappa shape index (κ1) is 14.8. The largest absolute Gasteiger partial charge is 0.300 e. The molecule has 1 aromatic rings. The molecule has 0 saturated heterocycles. The number of hydrogen-bond acceptors (Lipinski definition) is 3. The Morgan fingerprint density at radius 2 is 2.05 bits per heavy atom. The Balaban J connectivity index is 3.20. The van der Waals surface area contributed by atoms with E-state index in [0.717, 1.165) is 0 Å². The Hall–Kier alpha value is -2.26. The number of allylic oxidation sites excluding steroid dienone is 6. The topological polar surface area (TPSA) is 60.6 Å². The lowest BCUT2D eigenvalue weighted by Gasteiger charge is -2.06. The number of pyridine rings is 1. The maximum atomic E-state index is 8.00. The van der Waals surface area contributed by atoms with E-state index in [4.69, 9.17) is 22.4 Å². The number of nitrogens with one attached hydrogen (secondary N) is 2. The molecule has 96 valence electrons. The maximum absolute atomic E-state index is 8.00. The Morgan fingerprint density at radius 1 is 1.32 bits per heavy atom. The maximum Gasteiger partial charge on any atom is 0.128 e. The molecule has 0 amide bonds. The molecule has 0 aliphatic carbocycles. The van der Waals surface area contributed by atoms with Crippen LogP contribution in [0.15, 0.2) is 73.1 Å². The summed E-state index contributed by atoms with van der Waals surface area (Å²) in [6, 6.07) is 3.52. The fourth-order valence-electron chi connectivity index (χ4n) is 1.42. The molecule has 0 saturated carbocycles. The summed E-state index contributed by atoms with van der Waals surface area (Å²) in [7, 11) is 0. The predicted octanol–water partition coefficient (Wildman–Crippen LogP) is 3.89. The van der Waals surface area contributed by atoms with Gasteiger partial charge in [0.05, 0.1) is 5.71 Å². The molecule has 0 atom stereocenters. The van der Waals surface area contributed by atoms with Crippen LogP contribution in [0.1, 0.15) is 5.56 Å². The molecule has 0 aliphatic heterocycles. The quantitative estimate of drug-likeness (QED) is 0.598. The van der Waals surface area contributed by atoms with Crippen molar-refractivity contribution < 1.29 is 0 Å². The molecule has 19 heavy (non-hydrogen) atoms. The summed E-state index contributed by atoms with van der Waals surface area (Å²) < 4.78 is 0. The third-order valence-corrected chi connectivity index (χ3v) is 2.53. The molecule has 0 unspecified atom stereocenters. The van der Waals surface area contributed by atoms with Crippen LogP contribution in [0.4, 0.5) is 0 Å². The van der Waals surface area contributed by atoms with Gasteiger partial charge in [0.1, 0.15) is 5.17 Å². The Kier molecular flexibility index (Phi) is 5.64. The zero-order chi connectivity index (χ0) is 14.3. The van der Waals surface area contributed by atoms with Gasteiger partial charge < -0.3 is 5.41 Å². The lowest BCUT2D eigenvalue weighted by Crippen LogP contribution is -2.02. The molecule has 0 bridgehead atoms. The Morgan fingerprint density at radius 3 is 2.53 bits per heavy atom. The summed E-state index contributed by atoms with van der Waals surface area (Å²) in [4.78, 5) is 3.95. The van der Waals surface area contributed by atoms with Gasteiger partial charge in [-0.1, -0.05) is 43.0 Å². The van der Waals surface area contributed by atoms with Crippen LogP contribution < -0.4 is 0 Å². The van der Waals surface area contributed by atoms with Crippen molar-refractivity contribution in [2.45, 2.75) is 0 Å². The van der Waals surface area contributed by atoms with Crippen molar-refractivity contribution in [1.29, 1.82) is 10.8 Å². The highest BCUT2D eigenvalue weighted by Crippen LogP contribution is 2.16. The summed E-state index contributed by atoms with van der Waals surface area (Å²) >= 11 is 5.76. The minimum absolute atomic E-state index is 0.151. The van der Waals surface area contributed by atoms with E-state index in [-0.39, 0.29) is 10.9 Å².